The predicted octanol–water partition coefficient (Wildman–Crippen LogP) is 2.00. The molecule has 1 heterocycles. The minimum Gasteiger partial charge on any atom is -0.390 e. The molecule has 1 aliphatic carbocycles. The van der Waals surface area contributed by atoms with Crippen molar-refractivity contribution in [1.29, 1.82) is 0 Å². The third-order valence-electron chi connectivity index (χ3n) is 4.30. The van der Waals surface area contributed by atoms with Gasteiger partial charge in [-0.2, -0.15) is 0 Å². The van der Waals surface area contributed by atoms with Crippen LogP contribution in [0.2, 0.25) is 0 Å². The average Bonchev–Trinajstić information content (AvgIpc) is 2.98. The van der Waals surface area contributed by atoms with Gasteiger partial charge in [0.15, 0.2) is 0 Å². The summed E-state index contributed by atoms with van der Waals surface area (Å²) in [5.74, 6) is 0.692. The third-order valence-corrected chi connectivity index (χ3v) is 4.30. The quantitative estimate of drug-likeness (QED) is 0.905. The fraction of sp³-hybridized carbons (Fsp3) is 0.412. The average molecular weight is 300 g/mol. The molecule has 0 bridgehead atoms. The van der Waals surface area contributed by atoms with E-state index in [4.69, 9.17) is 4.52 Å². The highest BCUT2D eigenvalue weighted by atomic mass is 16.5. The molecule has 1 amide bonds. The molecule has 5 nitrogen and oxygen atoms in total. The maximum absolute atomic E-state index is 12.2. The van der Waals surface area contributed by atoms with Gasteiger partial charge in [0, 0.05) is 18.4 Å². The molecule has 0 spiro atoms. The monoisotopic (exact) mass is 300 g/mol. The van der Waals surface area contributed by atoms with E-state index in [1.165, 1.54) is 0 Å². The van der Waals surface area contributed by atoms with Crippen LogP contribution in [-0.4, -0.2) is 22.3 Å². The van der Waals surface area contributed by atoms with Gasteiger partial charge in [-0.3, -0.25) is 4.79 Å². The molecule has 2 N–H and O–H groups in total. The Kier molecular flexibility index (Phi) is 3.98. The lowest BCUT2D eigenvalue weighted by Crippen LogP contribution is -2.34. The van der Waals surface area contributed by atoms with Gasteiger partial charge in [0.2, 0.25) is 5.91 Å². The second-order valence-corrected chi connectivity index (χ2v) is 5.82. The lowest BCUT2D eigenvalue weighted by molar-refractivity contribution is -0.122. The van der Waals surface area contributed by atoms with Crippen LogP contribution in [0, 0.1) is 13.8 Å². The number of nitrogens with one attached hydrogen (secondary N) is 1. The van der Waals surface area contributed by atoms with Crippen LogP contribution in [0.25, 0.3) is 0 Å². The molecule has 0 saturated heterocycles. The van der Waals surface area contributed by atoms with Crippen molar-refractivity contribution < 1.29 is 14.4 Å². The SMILES string of the molecule is Cc1noc(C)c1CCC(=O)NC1c2ccccc2CC1O. The van der Waals surface area contributed by atoms with Crippen LogP contribution < -0.4 is 5.32 Å². The summed E-state index contributed by atoms with van der Waals surface area (Å²) in [6.07, 6.45) is 0.983. The Labute approximate surface area is 129 Å². The minimum absolute atomic E-state index is 0.0687. The number of aliphatic hydroxyl groups is 1. The summed E-state index contributed by atoms with van der Waals surface area (Å²) in [7, 11) is 0. The number of aliphatic hydroxyl groups excluding tert-OH is 1. The summed E-state index contributed by atoms with van der Waals surface area (Å²) < 4.78 is 5.10. The normalized spacial score (nSPS) is 20.0. The molecule has 22 heavy (non-hydrogen) atoms. The van der Waals surface area contributed by atoms with Gasteiger partial charge >= 0.3 is 0 Å². The Hall–Kier alpha value is -2.14. The van der Waals surface area contributed by atoms with Gasteiger partial charge in [0.05, 0.1) is 17.8 Å². The number of fused-ring (bicyclic) bond motifs is 1. The zero-order chi connectivity index (χ0) is 15.7. The molecule has 3 rings (SSSR count). The number of carbonyl (C=O) groups is 1. The molecule has 0 radical (unpaired) electrons. The van der Waals surface area contributed by atoms with Crippen LogP contribution in [0.15, 0.2) is 28.8 Å². The molecule has 0 fully saturated rings. The molecule has 0 saturated carbocycles. The van der Waals surface area contributed by atoms with Crippen LogP contribution >= 0.6 is 0 Å². The van der Waals surface area contributed by atoms with Gasteiger partial charge in [0.25, 0.3) is 0 Å². The number of amides is 1. The summed E-state index contributed by atoms with van der Waals surface area (Å²) in [5, 5.41) is 17.0. The van der Waals surface area contributed by atoms with E-state index in [2.05, 4.69) is 10.5 Å². The first-order valence-electron chi connectivity index (χ1n) is 7.53. The first kappa shape index (κ1) is 14.8. The Bertz CT molecular complexity index is 673. The highest BCUT2D eigenvalue weighted by molar-refractivity contribution is 5.77. The van der Waals surface area contributed by atoms with E-state index < -0.39 is 6.10 Å². The smallest absolute Gasteiger partial charge is 0.220 e. The number of rotatable bonds is 4. The Balaban J connectivity index is 1.63. The van der Waals surface area contributed by atoms with Gasteiger partial charge in [-0.05, 0) is 31.4 Å². The number of hydrogen-bond acceptors (Lipinski definition) is 4. The Morgan fingerprint density at radius 2 is 2.18 bits per heavy atom. The predicted molar refractivity (Wildman–Crippen MR) is 81.3 cm³/mol. The van der Waals surface area contributed by atoms with E-state index in [1.54, 1.807) is 0 Å². The zero-order valence-electron chi connectivity index (χ0n) is 12.8. The summed E-state index contributed by atoms with van der Waals surface area (Å²) in [6, 6.07) is 7.53. The van der Waals surface area contributed by atoms with Crippen molar-refractivity contribution in [2.24, 2.45) is 0 Å². The molecule has 1 aromatic heterocycles. The Morgan fingerprint density at radius 3 is 2.91 bits per heavy atom. The molecule has 0 aliphatic heterocycles. The van der Waals surface area contributed by atoms with Crippen molar-refractivity contribution in [3.63, 3.8) is 0 Å². The van der Waals surface area contributed by atoms with E-state index >= 15 is 0 Å². The van der Waals surface area contributed by atoms with Gasteiger partial charge in [-0.1, -0.05) is 29.4 Å². The second-order valence-electron chi connectivity index (χ2n) is 5.82. The van der Waals surface area contributed by atoms with Crippen molar-refractivity contribution in [3.8, 4) is 0 Å². The van der Waals surface area contributed by atoms with Gasteiger partial charge < -0.3 is 14.9 Å². The molecule has 2 atom stereocenters. The molecule has 116 valence electrons. The molecular weight excluding hydrogens is 280 g/mol. The molecule has 1 aliphatic rings. The van der Waals surface area contributed by atoms with Crippen LogP contribution in [0.5, 0.6) is 0 Å². The molecule has 1 aromatic carbocycles. The van der Waals surface area contributed by atoms with Crippen molar-refractivity contribution in [3.05, 3.63) is 52.4 Å². The lowest BCUT2D eigenvalue weighted by Gasteiger charge is -2.18. The van der Waals surface area contributed by atoms with Crippen LogP contribution in [0.3, 0.4) is 0 Å². The summed E-state index contributed by atoms with van der Waals surface area (Å²) in [5.41, 5.74) is 3.94. The molecular formula is C17H20N2O3. The number of aromatic nitrogens is 1. The fourth-order valence-corrected chi connectivity index (χ4v) is 3.09. The number of nitrogens with zero attached hydrogens (tertiary/aromatic N) is 1. The molecule has 5 heteroatoms. The maximum Gasteiger partial charge on any atom is 0.220 e. The van der Waals surface area contributed by atoms with Crippen molar-refractivity contribution in [2.45, 2.75) is 45.3 Å². The van der Waals surface area contributed by atoms with Crippen molar-refractivity contribution >= 4 is 5.91 Å². The highest BCUT2D eigenvalue weighted by Gasteiger charge is 2.31. The van der Waals surface area contributed by atoms with Crippen LogP contribution in [-0.2, 0) is 17.6 Å². The van der Waals surface area contributed by atoms with E-state index in [1.807, 2.05) is 38.1 Å². The van der Waals surface area contributed by atoms with E-state index in [0.29, 0.717) is 19.3 Å². The lowest BCUT2D eigenvalue weighted by atomic mass is 10.1. The first-order chi connectivity index (χ1) is 10.6. The number of hydrogen-bond donors (Lipinski definition) is 2. The van der Waals surface area contributed by atoms with E-state index in [-0.39, 0.29) is 11.9 Å². The zero-order valence-corrected chi connectivity index (χ0v) is 12.8. The van der Waals surface area contributed by atoms with Gasteiger partial charge in [-0.15, -0.1) is 0 Å². The minimum atomic E-state index is -0.555. The second kappa shape index (κ2) is 5.93. The topological polar surface area (TPSA) is 75.4 Å². The van der Waals surface area contributed by atoms with Crippen molar-refractivity contribution in [1.82, 2.24) is 10.5 Å². The Morgan fingerprint density at radius 1 is 1.41 bits per heavy atom. The first-order valence-corrected chi connectivity index (χ1v) is 7.53. The van der Waals surface area contributed by atoms with E-state index in [9.17, 15) is 9.90 Å². The maximum atomic E-state index is 12.2. The standard InChI is InChI=1S/C17H20N2O3/c1-10-13(11(2)22-19-10)7-8-16(21)18-17-14-6-4-3-5-12(14)9-15(17)20/h3-6,15,17,20H,7-9H2,1-2H3,(H,18,21). The van der Waals surface area contributed by atoms with Crippen LogP contribution in [0.1, 0.15) is 40.6 Å². The summed E-state index contributed by atoms with van der Waals surface area (Å²) in [6.45, 7) is 3.73. The van der Waals surface area contributed by atoms with Crippen molar-refractivity contribution in [2.75, 3.05) is 0 Å². The van der Waals surface area contributed by atoms with Gasteiger partial charge in [0.1, 0.15) is 5.76 Å². The summed E-state index contributed by atoms with van der Waals surface area (Å²) in [4.78, 5) is 12.2. The molecule has 2 aromatic rings. The molecule has 2 unspecified atom stereocenters. The largest absolute Gasteiger partial charge is 0.390 e. The number of aryl methyl sites for hydroxylation is 2. The third kappa shape index (κ3) is 2.76. The van der Waals surface area contributed by atoms with Crippen LogP contribution in [0.4, 0.5) is 0 Å². The van der Waals surface area contributed by atoms with E-state index in [0.717, 1.165) is 28.1 Å². The fourth-order valence-electron chi connectivity index (χ4n) is 3.09. The van der Waals surface area contributed by atoms with Gasteiger partial charge in [-0.25, -0.2) is 0 Å². The summed E-state index contributed by atoms with van der Waals surface area (Å²) >= 11 is 0. The number of carbonyl (C=O) groups excluding carboxylic acids is 1. The number of benzene rings is 1. The highest BCUT2D eigenvalue weighted by Crippen LogP contribution is 2.31.